The quantitative estimate of drug-likeness (QED) is 0.341. The smallest absolute Gasteiger partial charge is 0.384 e. The fraction of sp³-hybridized carbons (Fsp3) is 0.250. The molecule has 1 aliphatic heterocycles. The van der Waals surface area contributed by atoms with E-state index in [1.165, 1.54) is 18.3 Å². The standard InChI is InChI=1S/C24H21F5N6O3/c25-14-2-3-18(16(7-14)24(27,28)29)34-15-8-17(26)19(31-10-15)11-33-22(37)23(5-6-38-12-23)35-21(36)13-1-4-20(30)32-9-13/h1-4,7-10,34H,5-6,11-12H2,(H2,30,32)(H,33,37)(H,35,36)/t23-/m0/s1. The van der Waals surface area contributed by atoms with Crippen molar-refractivity contribution in [1.82, 2.24) is 20.6 Å². The first-order chi connectivity index (χ1) is 18.0. The summed E-state index contributed by atoms with van der Waals surface area (Å²) in [5.74, 6) is -3.01. The summed E-state index contributed by atoms with van der Waals surface area (Å²) >= 11 is 0. The van der Waals surface area contributed by atoms with Gasteiger partial charge in [0.05, 0.1) is 47.5 Å². The van der Waals surface area contributed by atoms with Crippen LogP contribution in [0.3, 0.4) is 0 Å². The molecule has 200 valence electrons. The van der Waals surface area contributed by atoms with Gasteiger partial charge in [0.15, 0.2) is 0 Å². The van der Waals surface area contributed by atoms with Crippen LogP contribution in [0.5, 0.6) is 0 Å². The maximum absolute atomic E-state index is 14.7. The second-order valence-corrected chi connectivity index (χ2v) is 8.46. The number of nitrogens with two attached hydrogens (primary N) is 1. The second-order valence-electron chi connectivity index (χ2n) is 8.46. The first-order valence-electron chi connectivity index (χ1n) is 11.2. The lowest BCUT2D eigenvalue weighted by atomic mass is 9.96. The number of carbonyl (C=O) groups excluding carboxylic acids is 2. The molecule has 38 heavy (non-hydrogen) atoms. The number of benzene rings is 1. The van der Waals surface area contributed by atoms with Gasteiger partial charge < -0.3 is 26.4 Å². The molecule has 1 aliphatic rings. The van der Waals surface area contributed by atoms with Crippen LogP contribution in [0.15, 0.2) is 48.8 Å². The SMILES string of the molecule is Nc1ccc(C(=O)N[C@@]2(C(=O)NCc3ncc(Nc4ccc(F)cc4C(F)(F)F)cc3F)CCOC2)cn1. The third-order valence-electron chi connectivity index (χ3n) is 5.76. The van der Waals surface area contributed by atoms with Crippen LogP contribution < -0.4 is 21.7 Å². The molecule has 2 amide bonds. The zero-order valence-corrected chi connectivity index (χ0v) is 19.5. The lowest BCUT2D eigenvalue weighted by Crippen LogP contribution is -2.59. The van der Waals surface area contributed by atoms with E-state index in [2.05, 4.69) is 25.9 Å². The van der Waals surface area contributed by atoms with Gasteiger partial charge in [0.1, 0.15) is 23.0 Å². The van der Waals surface area contributed by atoms with Crippen molar-refractivity contribution in [3.05, 3.63) is 77.2 Å². The molecule has 0 aliphatic carbocycles. The topological polar surface area (TPSA) is 131 Å². The predicted molar refractivity (Wildman–Crippen MR) is 125 cm³/mol. The zero-order chi connectivity index (χ0) is 27.5. The third kappa shape index (κ3) is 5.96. The minimum absolute atomic E-state index is 0.120. The summed E-state index contributed by atoms with van der Waals surface area (Å²) in [6, 6.07) is 5.79. The molecular weight excluding hydrogens is 515 g/mol. The number of hydrogen-bond acceptors (Lipinski definition) is 7. The molecule has 1 fully saturated rings. The molecule has 1 saturated heterocycles. The summed E-state index contributed by atoms with van der Waals surface area (Å²) < 4.78 is 73.0. The first kappa shape index (κ1) is 26.7. The molecule has 1 atom stereocenters. The highest BCUT2D eigenvalue weighted by molar-refractivity contribution is 5.99. The van der Waals surface area contributed by atoms with Crippen molar-refractivity contribution in [3.63, 3.8) is 0 Å². The Kier molecular flexibility index (Phi) is 7.44. The lowest BCUT2D eigenvalue weighted by molar-refractivity contribution is -0.137. The largest absolute Gasteiger partial charge is 0.418 e. The van der Waals surface area contributed by atoms with E-state index in [0.717, 1.165) is 24.4 Å². The second kappa shape index (κ2) is 10.6. The Morgan fingerprint density at radius 1 is 1.08 bits per heavy atom. The number of ether oxygens (including phenoxy) is 1. The molecule has 3 heterocycles. The van der Waals surface area contributed by atoms with Crippen molar-refractivity contribution in [3.8, 4) is 0 Å². The maximum Gasteiger partial charge on any atom is 0.418 e. The number of amides is 2. The fourth-order valence-electron chi connectivity index (χ4n) is 3.74. The highest BCUT2D eigenvalue weighted by Gasteiger charge is 2.44. The Morgan fingerprint density at radius 2 is 1.87 bits per heavy atom. The van der Waals surface area contributed by atoms with Crippen LogP contribution in [0.1, 0.15) is 28.0 Å². The fourth-order valence-corrected chi connectivity index (χ4v) is 3.74. The van der Waals surface area contributed by atoms with Gasteiger partial charge in [-0.2, -0.15) is 13.2 Å². The molecule has 0 radical (unpaired) electrons. The van der Waals surface area contributed by atoms with Gasteiger partial charge in [-0.1, -0.05) is 0 Å². The van der Waals surface area contributed by atoms with Gasteiger partial charge in [-0.05, 0) is 30.3 Å². The molecule has 4 rings (SSSR count). The van der Waals surface area contributed by atoms with E-state index in [1.807, 2.05) is 0 Å². The Labute approximate surface area is 212 Å². The van der Waals surface area contributed by atoms with E-state index in [0.29, 0.717) is 6.07 Å². The van der Waals surface area contributed by atoms with E-state index in [-0.39, 0.29) is 48.9 Å². The Hall–Kier alpha value is -4.33. The number of rotatable bonds is 7. The average Bonchev–Trinajstić information content (AvgIpc) is 3.34. The van der Waals surface area contributed by atoms with Crippen LogP contribution >= 0.6 is 0 Å². The number of hydrogen-bond donors (Lipinski definition) is 4. The van der Waals surface area contributed by atoms with E-state index in [4.69, 9.17) is 10.5 Å². The maximum atomic E-state index is 14.7. The lowest BCUT2D eigenvalue weighted by Gasteiger charge is -2.27. The van der Waals surface area contributed by atoms with Gasteiger partial charge in [-0.25, -0.2) is 13.8 Å². The highest BCUT2D eigenvalue weighted by Crippen LogP contribution is 2.36. The van der Waals surface area contributed by atoms with Crippen LogP contribution in [0.4, 0.5) is 39.1 Å². The molecule has 14 heteroatoms. The number of nitrogen functional groups attached to an aromatic ring is 1. The summed E-state index contributed by atoms with van der Waals surface area (Å²) in [6.45, 7) is -0.300. The van der Waals surface area contributed by atoms with Crippen LogP contribution in [0.2, 0.25) is 0 Å². The molecule has 9 nitrogen and oxygen atoms in total. The van der Waals surface area contributed by atoms with E-state index >= 15 is 0 Å². The summed E-state index contributed by atoms with van der Waals surface area (Å²) in [5.41, 5.74) is 2.18. The molecule has 0 unspecified atom stereocenters. The van der Waals surface area contributed by atoms with Crippen molar-refractivity contribution in [2.45, 2.75) is 24.7 Å². The van der Waals surface area contributed by atoms with Gasteiger partial charge in [0, 0.05) is 25.3 Å². The van der Waals surface area contributed by atoms with E-state index in [9.17, 15) is 31.5 Å². The summed E-state index contributed by atoms with van der Waals surface area (Å²) in [7, 11) is 0. The zero-order valence-electron chi connectivity index (χ0n) is 19.5. The van der Waals surface area contributed by atoms with Gasteiger partial charge in [-0.15, -0.1) is 0 Å². The summed E-state index contributed by atoms with van der Waals surface area (Å²) in [6.07, 6.45) is -2.37. The molecule has 3 aromatic rings. The molecular formula is C24H21F5N6O3. The number of anilines is 3. The van der Waals surface area contributed by atoms with Crippen molar-refractivity contribution in [2.75, 3.05) is 24.3 Å². The summed E-state index contributed by atoms with van der Waals surface area (Å²) in [4.78, 5) is 33.4. The highest BCUT2D eigenvalue weighted by atomic mass is 19.4. The van der Waals surface area contributed by atoms with Gasteiger partial charge in [-0.3, -0.25) is 14.6 Å². The minimum Gasteiger partial charge on any atom is -0.384 e. The molecule has 5 N–H and O–H groups in total. The van der Waals surface area contributed by atoms with Gasteiger partial charge in [0.2, 0.25) is 5.91 Å². The number of aromatic nitrogens is 2. The molecule has 0 spiro atoms. The Bertz CT molecular complexity index is 1340. The Balaban J connectivity index is 1.44. The van der Waals surface area contributed by atoms with Crippen molar-refractivity contribution in [2.24, 2.45) is 0 Å². The number of carbonyl (C=O) groups is 2. The van der Waals surface area contributed by atoms with Crippen LogP contribution in [0, 0.1) is 11.6 Å². The Morgan fingerprint density at radius 3 is 2.50 bits per heavy atom. The molecule has 1 aromatic carbocycles. The molecule has 0 saturated carbocycles. The van der Waals surface area contributed by atoms with E-state index < -0.39 is 46.4 Å². The summed E-state index contributed by atoms with van der Waals surface area (Å²) in [5, 5.41) is 7.52. The number of pyridine rings is 2. The number of nitrogens with zero attached hydrogens (tertiary/aromatic N) is 2. The number of nitrogens with one attached hydrogen (secondary N) is 3. The monoisotopic (exact) mass is 536 g/mol. The van der Waals surface area contributed by atoms with Crippen LogP contribution in [-0.4, -0.2) is 40.5 Å². The van der Waals surface area contributed by atoms with Crippen molar-refractivity contribution < 1.29 is 36.3 Å². The van der Waals surface area contributed by atoms with Crippen LogP contribution in [0.25, 0.3) is 0 Å². The van der Waals surface area contributed by atoms with Crippen molar-refractivity contribution >= 4 is 29.0 Å². The normalized spacial score (nSPS) is 17.2. The third-order valence-corrected chi connectivity index (χ3v) is 5.76. The number of alkyl halides is 3. The van der Waals surface area contributed by atoms with E-state index in [1.54, 1.807) is 0 Å². The van der Waals surface area contributed by atoms with Crippen molar-refractivity contribution in [1.29, 1.82) is 0 Å². The minimum atomic E-state index is -4.85. The number of halogens is 5. The van der Waals surface area contributed by atoms with Gasteiger partial charge >= 0.3 is 6.18 Å². The molecule has 0 bridgehead atoms. The average molecular weight is 536 g/mol. The molecule has 2 aromatic heterocycles. The van der Waals surface area contributed by atoms with Crippen LogP contribution in [-0.2, 0) is 22.3 Å². The first-order valence-corrected chi connectivity index (χ1v) is 11.2. The van der Waals surface area contributed by atoms with Gasteiger partial charge in [0.25, 0.3) is 5.91 Å². The predicted octanol–water partition coefficient (Wildman–Crippen LogP) is 3.30.